The van der Waals surface area contributed by atoms with Crippen LogP contribution in [0.15, 0.2) is 18.0 Å². The first-order chi connectivity index (χ1) is 9.20. The zero-order valence-electron chi connectivity index (χ0n) is 11.7. The molecule has 0 aromatic carbocycles. The summed E-state index contributed by atoms with van der Waals surface area (Å²) in [4.78, 5) is 16.2. The Morgan fingerprint density at radius 1 is 1.58 bits per heavy atom. The topological polar surface area (TPSA) is 59.8 Å². The van der Waals surface area contributed by atoms with E-state index in [4.69, 9.17) is 0 Å². The highest BCUT2D eigenvalue weighted by Crippen LogP contribution is 2.20. The van der Waals surface area contributed by atoms with E-state index in [1.807, 2.05) is 11.6 Å². The van der Waals surface area contributed by atoms with Crippen LogP contribution in [0.3, 0.4) is 0 Å². The van der Waals surface area contributed by atoms with Crippen LogP contribution in [0.1, 0.15) is 57.8 Å². The molecule has 1 amide bonds. The van der Waals surface area contributed by atoms with Crippen LogP contribution in [0.4, 0.5) is 0 Å². The van der Waals surface area contributed by atoms with Gasteiger partial charge in [-0.15, -0.1) is 0 Å². The van der Waals surface area contributed by atoms with Gasteiger partial charge in [-0.2, -0.15) is 5.10 Å². The molecule has 1 heterocycles. The van der Waals surface area contributed by atoms with E-state index in [9.17, 15) is 4.79 Å². The molecule has 5 nitrogen and oxygen atoms in total. The van der Waals surface area contributed by atoms with E-state index < -0.39 is 0 Å². The molecule has 0 saturated heterocycles. The molecular formula is C14H22N4O. The second-order valence-corrected chi connectivity index (χ2v) is 5.06. The standard InChI is InChI=1S/C14H22N4O/c1-3-8-18-14(15-10-16-18)11(2)17-13(19)9-12-6-4-5-7-12/h6,10-11H,3-5,7-9H2,1-2H3,(H,17,19)/t11-/m1/s1. The number of nitrogens with one attached hydrogen (secondary N) is 1. The summed E-state index contributed by atoms with van der Waals surface area (Å²) in [6, 6.07) is -0.0939. The molecule has 0 radical (unpaired) electrons. The summed E-state index contributed by atoms with van der Waals surface area (Å²) >= 11 is 0. The fourth-order valence-corrected chi connectivity index (χ4v) is 2.45. The first-order valence-corrected chi connectivity index (χ1v) is 7.05. The monoisotopic (exact) mass is 262 g/mol. The lowest BCUT2D eigenvalue weighted by Gasteiger charge is -2.14. The third-order valence-corrected chi connectivity index (χ3v) is 3.37. The predicted molar refractivity (Wildman–Crippen MR) is 73.4 cm³/mol. The first kappa shape index (κ1) is 13.8. The minimum Gasteiger partial charge on any atom is -0.346 e. The Morgan fingerprint density at radius 3 is 3.11 bits per heavy atom. The number of rotatable bonds is 6. The molecule has 5 heteroatoms. The number of aryl methyl sites for hydroxylation is 1. The van der Waals surface area contributed by atoms with Crippen LogP contribution in [0.5, 0.6) is 0 Å². The smallest absolute Gasteiger partial charge is 0.224 e. The summed E-state index contributed by atoms with van der Waals surface area (Å²) in [5.41, 5.74) is 1.26. The van der Waals surface area contributed by atoms with Crippen LogP contribution in [-0.2, 0) is 11.3 Å². The quantitative estimate of drug-likeness (QED) is 0.801. The van der Waals surface area contributed by atoms with Crippen LogP contribution >= 0.6 is 0 Å². The zero-order chi connectivity index (χ0) is 13.7. The summed E-state index contributed by atoms with van der Waals surface area (Å²) in [5.74, 6) is 0.905. The van der Waals surface area contributed by atoms with Gasteiger partial charge >= 0.3 is 0 Å². The highest BCUT2D eigenvalue weighted by Gasteiger charge is 2.16. The SMILES string of the molecule is CCCn1ncnc1[C@@H](C)NC(=O)CC1=CCCC1. The van der Waals surface area contributed by atoms with Crippen LogP contribution in [0.2, 0.25) is 0 Å². The number of hydrogen-bond donors (Lipinski definition) is 1. The molecule has 1 aliphatic rings. The van der Waals surface area contributed by atoms with Crippen LogP contribution in [0.25, 0.3) is 0 Å². The van der Waals surface area contributed by atoms with E-state index in [2.05, 4.69) is 28.4 Å². The molecule has 1 atom stereocenters. The summed E-state index contributed by atoms with van der Waals surface area (Å²) in [6.45, 7) is 4.89. The lowest BCUT2D eigenvalue weighted by atomic mass is 10.1. The second kappa shape index (κ2) is 6.50. The summed E-state index contributed by atoms with van der Waals surface area (Å²) in [5, 5.41) is 7.19. The van der Waals surface area contributed by atoms with Gasteiger partial charge in [0, 0.05) is 13.0 Å². The van der Waals surface area contributed by atoms with Crippen LogP contribution in [-0.4, -0.2) is 20.7 Å². The van der Waals surface area contributed by atoms with E-state index in [1.165, 1.54) is 12.0 Å². The van der Waals surface area contributed by atoms with Crippen molar-refractivity contribution in [1.82, 2.24) is 20.1 Å². The van der Waals surface area contributed by atoms with Crippen LogP contribution < -0.4 is 5.32 Å². The molecule has 0 saturated carbocycles. The van der Waals surface area contributed by atoms with E-state index in [-0.39, 0.29) is 11.9 Å². The number of amides is 1. The Bertz CT molecular complexity index is 464. The normalized spacial score (nSPS) is 16.2. The molecule has 1 aromatic rings. The van der Waals surface area contributed by atoms with Crippen molar-refractivity contribution in [3.63, 3.8) is 0 Å². The molecule has 104 valence electrons. The summed E-state index contributed by atoms with van der Waals surface area (Å²) in [6.07, 6.45) is 8.62. The summed E-state index contributed by atoms with van der Waals surface area (Å²) < 4.78 is 1.86. The Hall–Kier alpha value is -1.65. The van der Waals surface area contributed by atoms with Gasteiger partial charge in [-0.05, 0) is 32.6 Å². The average molecular weight is 262 g/mol. The van der Waals surface area contributed by atoms with Crippen molar-refractivity contribution < 1.29 is 4.79 Å². The molecule has 19 heavy (non-hydrogen) atoms. The summed E-state index contributed by atoms with van der Waals surface area (Å²) in [7, 11) is 0. The van der Waals surface area contributed by atoms with Crippen molar-refractivity contribution in [2.24, 2.45) is 0 Å². The Kier molecular flexibility index (Phi) is 4.71. The molecule has 0 aliphatic heterocycles. The average Bonchev–Trinajstić information content (AvgIpc) is 3.00. The van der Waals surface area contributed by atoms with Crippen molar-refractivity contribution in [2.75, 3.05) is 0 Å². The maximum Gasteiger partial charge on any atom is 0.224 e. The number of hydrogen-bond acceptors (Lipinski definition) is 3. The van der Waals surface area contributed by atoms with Crippen molar-refractivity contribution in [3.8, 4) is 0 Å². The van der Waals surface area contributed by atoms with Gasteiger partial charge in [0.25, 0.3) is 0 Å². The van der Waals surface area contributed by atoms with Gasteiger partial charge in [0.15, 0.2) is 0 Å². The third-order valence-electron chi connectivity index (χ3n) is 3.37. The predicted octanol–water partition coefficient (Wildman–Crippen LogP) is 2.37. The molecule has 1 aliphatic carbocycles. The lowest BCUT2D eigenvalue weighted by molar-refractivity contribution is -0.121. The number of carbonyl (C=O) groups is 1. The van der Waals surface area contributed by atoms with Gasteiger partial charge in [-0.1, -0.05) is 18.6 Å². The number of nitrogens with zero attached hydrogens (tertiary/aromatic N) is 3. The highest BCUT2D eigenvalue weighted by atomic mass is 16.1. The number of carbonyl (C=O) groups excluding carboxylic acids is 1. The number of aromatic nitrogens is 3. The van der Waals surface area contributed by atoms with Crippen LogP contribution in [0, 0.1) is 0 Å². The molecule has 1 N–H and O–H groups in total. The third kappa shape index (κ3) is 3.66. The Labute approximate surface area is 114 Å². The molecule has 0 unspecified atom stereocenters. The van der Waals surface area contributed by atoms with E-state index >= 15 is 0 Å². The Morgan fingerprint density at radius 2 is 2.42 bits per heavy atom. The molecular weight excluding hydrogens is 240 g/mol. The van der Waals surface area contributed by atoms with Crippen molar-refractivity contribution in [2.45, 2.75) is 58.5 Å². The number of allylic oxidation sites excluding steroid dienone is 1. The lowest BCUT2D eigenvalue weighted by Crippen LogP contribution is -2.29. The maximum atomic E-state index is 12.0. The van der Waals surface area contributed by atoms with E-state index in [0.29, 0.717) is 6.42 Å². The van der Waals surface area contributed by atoms with Gasteiger partial charge in [0.05, 0.1) is 6.04 Å². The molecule has 1 aromatic heterocycles. The Balaban J connectivity index is 1.90. The molecule has 0 fully saturated rings. The maximum absolute atomic E-state index is 12.0. The van der Waals surface area contributed by atoms with E-state index in [1.54, 1.807) is 6.33 Å². The van der Waals surface area contributed by atoms with Crippen molar-refractivity contribution >= 4 is 5.91 Å². The second-order valence-electron chi connectivity index (χ2n) is 5.06. The molecule has 0 bridgehead atoms. The minimum atomic E-state index is -0.0939. The molecule has 0 spiro atoms. The fraction of sp³-hybridized carbons (Fsp3) is 0.643. The highest BCUT2D eigenvalue weighted by molar-refractivity contribution is 5.78. The van der Waals surface area contributed by atoms with Crippen molar-refractivity contribution in [3.05, 3.63) is 23.8 Å². The van der Waals surface area contributed by atoms with Gasteiger partial charge in [0.1, 0.15) is 12.2 Å². The largest absolute Gasteiger partial charge is 0.346 e. The zero-order valence-corrected chi connectivity index (χ0v) is 11.7. The minimum absolute atomic E-state index is 0.0756. The van der Waals surface area contributed by atoms with Gasteiger partial charge in [-0.25, -0.2) is 9.67 Å². The van der Waals surface area contributed by atoms with Gasteiger partial charge in [0.2, 0.25) is 5.91 Å². The van der Waals surface area contributed by atoms with Gasteiger partial charge in [-0.3, -0.25) is 4.79 Å². The van der Waals surface area contributed by atoms with Crippen molar-refractivity contribution in [1.29, 1.82) is 0 Å². The molecule has 2 rings (SSSR count). The first-order valence-electron chi connectivity index (χ1n) is 7.05. The fourth-order valence-electron chi connectivity index (χ4n) is 2.45. The van der Waals surface area contributed by atoms with Gasteiger partial charge < -0.3 is 5.32 Å². The van der Waals surface area contributed by atoms with E-state index in [0.717, 1.165) is 31.6 Å².